The Bertz CT molecular complexity index is 420. The maximum atomic E-state index is 12.2. The van der Waals surface area contributed by atoms with Crippen molar-refractivity contribution >= 4 is 18.9 Å². The molecule has 0 radical (unpaired) electrons. The van der Waals surface area contributed by atoms with Crippen LogP contribution in [0.2, 0.25) is 0 Å². The zero-order chi connectivity index (χ0) is 12.9. The summed E-state index contributed by atoms with van der Waals surface area (Å²) in [5.74, 6) is 0. The Balaban J connectivity index is 2.83. The lowest BCUT2D eigenvalue weighted by Gasteiger charge is -2.19. The lowest BCUT2D eigenvalue weighted by atomic mass is 10.3. The first-order chi connectivity index (χ1) is 7.98. The van der Waals surface area contributed by atoms with Gasteiger partial charge in [-0.25, -0.2) is 0 Å². The molecule has 0 saturated heterocycles. The average Bonchev–Trinajstić information content (AvgIpc) is 2.29. The molecular weight excluding hydrogens is 239 g/mol. The van der Waals surface area contributed by atoms with E-state index in [1.807, 2.05) is 6.07 Å². The molecule has 94 valence electrons. The molecule has 1 amide bonds. The molecule has 0 saturated carbocycles. The molecule has 1 atom stereocenters. The molecule has 6 heteroatoms. The summed E-state index contributed by atoms with van der Waals surface area (Å²) in [6.45, 7) is 3.58. The normalized spacial score (nSPS) is 14.1. The third-order valence-electron chi connectivity index (χ3n) is 1.99. The lowest BCUT2D eigenvalue weighted by molar-refractivity contribution is 0.251. The van der Waals surface area contributed by atoms with Crippen molar-refractivity contribution in [1.82, 2.24) is 5.32 Å². The third kappa shape index (κ3) is 3.88. The molecule has 1 aromatic rings. The van der Waals surface area contributed by atoms with Crippen molar-refractivity contribution < 1.29 is 13.9 Å². The van der Waals surface area contributed by atoms with Crippen LogP contribution in [0.1, 0.15) is 13.8 Å². The van der Waals surface area contributed by atoms with Gasteiger partial charge in [0.05, 0.1) is 0 Å². The number of carbonyl (C=O) groups is 1. The highest BCUT2D eigenvalue weighted by molar-refractivity contribution is 7.77. The van der Waals surface area contributed by atoms with Crippen molar-refractivity contribution in [3.8, 4) is 0 Å². The van der Waals surface area contributed by atoms with E-state index in [1.165, 1.54) is 7.11 Å². The first-order valence-electron chi connectivity index (χ1n) is 5.28. The first-order valence-corrected chi connectivity index (χ1v) is 6.90. The number of carbonyl (C=O) groups excluding carboxylic acids is 1. The van der Waals surface area contributed by atoms with Crippen LogP contribution in [-0.4, -0.2) is 18.8 Å². The molecule has 0 spiro atoms. The second kappa shape index (κ2) is 5.84. The molecule has 0 aliphatic carbocycles. The highest BCUT2D eigenvalue weighted by Crippen LogP contribution is 2.46. The van der Waals surface area contributed by atoms with E-state index in [1.54, 1.807) is 38.1 Å². The average molecular weight is 256 g/mol. The molecule has 0 bridgehead atoms. The molecule has 0 aromatic heterocycles. The van der Waals surface area contributed by atoms with Crippen LogP contribution in [0.3, 0.4) is 0 Å². The first kappa shape index (κ1) is 13.7. The van der Waals surface area contributed by atoms with Gasteiger partial charge in [0.2, 0.25) is 0 Å². The summed E-state index contributed by atoms with van der Waals surface area (Å²) < 4.78 is 17.1. The van der Waals surface area contributed by atoms with Crippen LogP contribution in [0.5, 0.6) is 0 Å². The van der Waals surface area contributed by atoms with E-state index in [2.05, 4.69) is 10.4 Å². The number of anilines is 1. The van der Waals surface area contributed by atoms with Crippen LogP contribution < -0.4 is 10.4 Å². The summed E-state index contributed by atoms with van der Waals surface area (Å²) in [5, 5.41) is 5.20. The molecule has 0 aliphatic rings. The quantitative estimate of drug-likeness (QED) is 0.794. The number of amides is 1. The van der Waals surface area contributed by atoms with Gasteiger partial charge in [0, 0.05) is 18.8 Å². The maximum Gasteiger partial charge on any atom is 0.380 e. The molecule has 2 N–H and O–H groups in total. The van der Waals surface area contributed by atoms with Crippen LogP contribution in [0.15, 0.2) is 30.3 Å². The highest BCUT2D eigenvalue weighted by atomic mass is 31.2. The van der Waals surface area contributed by atoms with Gasteiger partial charge < -0.3 is 14.9 Å². The van der Waals surface area contributed by atoms with E-state index < -0.39 is 13.2 Å². The molecule has 0 aliphatic heterocycles. The smallest absolute Gasteiger partial charge is 0.344 e. The van der Waals surface area contributed by atoms with Crippen LogP contribution in [0, 0.1) is 0 Å². The summed E-state index contributed by atoms with van der Waals surface area (Å²) in [5.41, 5.74) is -0.0459. The summed E-state index contributed by atoms with van der Waals surface area (Å²) >= 11 is 0. The van der Waals surface area contributed by atoms with E-state index >= 15 is 0 Å². The monoisotopic (exact) mass is 256 g/mol. The number of nitrogens with one attached hydrogen (secondary N) is 2. The zero-order valence-electron chi connectivity index (χ0n) is 10.1. The number of para-hydroxylation sites is 1. The lowest BCUT2D eigenvalue weighted by Crippen LogP contribution is -2.30. The topological polar surface area (TPSA) is 67.4 Å². The fourth-order valence-electron chi connectivity index (χ4n) is 1.19. The Morgan fingerprint density at radius 1 is 1.29 bits per heavy atom. The van der Waals surface area contributed by atoms with Crippen molar-refractivity contribution in [3.05, 3.63) is 30.3 Å². The summed E-state index contributed by atoms with van der Waals surface area (Å²) in [6, 6.07) is 8.73. The van der Waals surface area contributed by atoms with Crippen LogP contribution in [0.25, 0.3) is 0 Å². The second-order valence-electron chi connectivity index (χ2n) is 3.82. The molecule has 0 heterocycles. The van der Waals surface area contributed by atoms with Crippen LogP contribution in [0.4, 0.5) is 10.5 Å². The molecule has 5 nitrogen and oxygen atoms in total. The van der Waals surface area contributed by atoms with Gasteiger partial charge in [-0.3, -0.25) is 9.36 Å². The van der Waals surface area contributed by atoms with Gasteiger partial charge in [0.1, 0.15) is 0 Å². The van der Waals surface area contributed by atoms with Crippen LogP contribution >= 0.6 is 7.52 Å². The summed E-state index contributed by atoms with van der Waals surface area (Å²) in [4.78, 5) is 11.7. The number of benzene rings is 1. The predicted molar refractivity (Wildman–Crippen MR) is 68.3 cm³/mol. The largest absolute Gasteiger partial charge is 0.380 e. The highest BCUT2D eigenvalue weighted by Gasteiger charge is 2.32. The summed E-state index contributed by atoms with van der Waals surface area (Å²) in [7, 11) is -2.32. The van der Waals surface area contributed by atoms with Crippen molar-refractivity contribution in [2.24, 2.45) is 0 Å². The molecule has 1 aromatic carbocycles. The molecule has 1 rings (SSSR count). The van der Waals surface area contributed by atoms with E-state index in [-0.39, 0.29) is 6.04 Å². The minimum Gasteiger partial charge on any atom is -0.344 e. The Hall–Kier alpha value is -1.32. The maximum absolute atomic E-state index is 12.2. The molecular formula is C11H17N2O3P. The Morgan fingerprint density at radius 2 is 1.88 bits per heavy atom. The minimum atomic E-state index is -3.57. The van der Waals surface area contributed by atoms with E-state index in [0.29, 0.717) is 5.69 Å². The Morgan fingerprint density at radius 3 is 2.35 bits per heavy atom. The van der Waals surface area contributed by atoms with Gasteiger partial charge in [-0.2, -0.15) is 0 Å². The molecule has 17 heavy (non-hydrogen) atoms. The van der Waals surface area contributed by atoms with Crippen molar-refractivity contribution in [1.29, 1.82) is 0 Å². The SMILES string of the molecule is CO[P@@](=O)(Nc1ccccc1)C(=O)NC(C)C. The Kier molecular flexibility index (Phi) is 4.73. The van der Waals surface area contributed by atoms with Gasteiger partial charge in [-0.1, -0.05) is 18.2 Å². The number of hydrogen-bond acceptors (Lipinski definition) is 3. The fraction of sp³-hybridized carbons (Fsp3) is 0.364. The zero-order valence-corrected chi connectivity index (χ0v) is 11.0. The standard InChI is InChI=1S/C11H17N2O3P/c1-9(2)12-11(14)17(15,16-3)13-10-7-5-4-6-8-10/h4-9H,1-3H3,(H,12,14)(H,13,15)/t17-/m1/s1. The van der Waals surface area contributed by atoms with Crippen molar-refractivity contribution in [2.75, 3.05) is 12.2 Å². The number of hydrogen-bond donors (Lipinski definition) is 2. The van der Waals surface area contributed by atoms with E-state index in [4.69, 9.17) is 4.52 Å². The van der Waals surface area contributed by atoms with E-state index in [0.717, 1.165) is 0 Å². The fourth-order valence-corrected chi connectivity index (χ4v) is 2.47. The Labute approximate surface area is 101 Å². The molecule has 0 fully saturated rings. The van der Waals surface area contributed by atoms with Gasteiger partial charge >= 0.3 is 13.2 Å². The third-order valence-corrected chi connectivity index (χ3v) is 3.72. The second-order valence-corrected chi connectivity index (χ2v) is 5.91. The van der Waals surface area contributed by atoms with Gasteiger partial charge in [-0.05, 0) is 26.0 Å². The van der Waals surface area contributed by atoms with Gasteiger partial charge in [-0.15, -0.1) is 0 Å². The van der Waals surface area contributed by atoms with Crippen molar-refractivity contribution in [3.63, 3.8) is 0 Å². The van der Waals surface area contributed by atoms with Crippen LogP contribution in [-0.2, 0) is 9.09 Å². The van der Waals surface area contributed by atoms with Gasteiger partial charge in [0.25, 0.3) is 0 Å². The van der Waals surface area contributed by atoms with Gasteiger partial charge in [0.15, 0.2) is 0 Å². The van der Waals surface area contributed by atoms with E-state index in [9.17, 15) is 9.36 Å². The molecule has 0 unspecified atom stereocenters. The minimum absolute atomic E-state index is 0.0939. The predicted octanol–water partition coefficient (Wildman–Crippen LogP) is 3.06. The number of rotatable bonds is 5. The van der Waals surface area contributed by atoms with Crippen molar-refractivity contribution in [2.45, 2.75) is 19.9 Å². The summed E-state index contributed by atoms with van der Waals surface area (Å²) in [6.07, 6.45) is 0.